The van der Waals surface area contributed by atoms with Crippen LogP contribution in [0, 0.1) is 11.8 Å². The van der Waals surface area contributed by atoms with Crippen molar-refractivity contribution < 1.29 is 34.8 Å². The maximum absolute atomic E-state index is 13.6. The highest BCUT2D eigenvalue weighted by Crippen LogP contribution is 2.53. The summed E-state index contributed by atoms with van der Waals surface area (Å²) in [6, 6.07) is 11.1. The lowest BCUT2D eigenvalue weighted by molar-refractivity contribution is -0.147. The third kappa shape index (κ3) is 3.65. The van der Waals surface area contributed by atoms with Gasteiger partial charge in [0, 0.05) is 24.5 Å². The van der Waals surface area contributed by atoms with Crippen molar-refractivity contribution in [3.05, 3.63) is 70.0 Å². The van der Waals surface area contributed by atoms with Crippen LogP contribution in [0.3, 0.4) is 0 Å². The summed E-state index contributed by atoms with van der Waals surface area (Å²) in [5.74, 6) is -6.35. The number of nitrogens with zero attached hydrogens (tertiary/aromatic N) is 1. The van der Waals surface area contributed by atoms with Crippen molar-refractivity contribution in [2.45, 2.75) is 31.4 Å². The molecule has 3 atom stereocenters. The number of ketones is 2. The van der Waals surface area contributed by atoms with E-state index in [2.05, 4.69) is 4.90 Å². The Bertz CT molecular complexity index is 1420. The molecule has 3 aliphatic carbocycles. The summed E-state index contributed by atoms with van der Waals surface area (Å²) in [4.78, 5) is 39.9. The number of aromatic hydroxyl groups is 1. The molecular weight excluding hydrogens is 476 g/mol. The van der Waals surface area contributed by atoms with Gasteiger partial charge in [-0.1, -0.05) is 30.3 Å². The molecule has 1 unspecified atom stereocenters. The molecule has 1 fully saturated rings. The van der Waals surface area contributed by atoms with Gasteiger partial charge in [0.05, 0.1) is 5.56 Å². The zero-order valence-electron chi connectivity index (χ0n) is 20.5. The highest BCUT2D eigenvalue weighted by Gasteiger charge is 2.60. The van der Waals surface area contributed by atoms with Crippen LogP contribution in [0.1, 0.15) is 29.5 Å². The number of benzene rings is 2. The van der Waals surface area contributed by atoms with Crippen molar-refractivity contribution >= 4 is 23.2 Å². The van der Waals surface area contributed by atoms with Crippen molar-refractivity contribution in [1.29, 1.82) is 0 Å². The minimum absolute atomic E-state index is 0.0852. The Hall–Kier alpha value is -3.95. The summed E-state index contributed by atoms with van der Waals surface area (Å²) < 4.78 is 0. The molecule has 37 heavy (non-hydrogen) atoms. The lowest BCUT2D eigenvalue weighted by Crippen LogP contribution is -2.58. The molecular formula is C28H28N2O7. The predicted molar refractivity (Wildman–Crippen MR) is 134 cm³/mol. The van der Waals surface area contributed by atoms with Crippen LogP contribution in [0.2, 0.25) is 0 Å². The van der Waals surface area contributed by atoms with Crippen LogP contribution < -0.4 is 5.73 Å². The number of amides is 1. The Labute approximate surface area is 213 Å². The van der Waals surface area contributed by atoms with E-state index in [0.717, 1.165) is 23.2 Å². The van der Waals surface area contributed by atoms with E-state index in [1.165, 1.54) is 6.07 Å². The molecule has 0 heterocycles. The van der Waals surface area contributed by atoms with Crippen LogP contribution in [0.4, 0.5) is 0 Å². The second-order valence-electron chi connectivity index (χ2n) is 10.3. The van der Waals surface area contributed by atoms with Crippen molar-refractivity contribution in [2.75, 3.05) is 14.1 Å². The number of primary amides is 1. The van der Waals surface area contributed by atoms with Crippen LogP contribution in [-0.2, 0) is 27.3 Å². The van der Waals surface area contributed by atoms with E-state index in [1.54, 1.807) is 6.07 Å². The van der Waals surface area contributed by atoms with Gasteiger partial charge in [0.15, 0.2) is 11.4 Å². The van der Waals surface area contributed by atoms with Gasteiger partial charge in [-0.2, -0.15) is 0 Å². The molecule has 0 radical (unpaired) electrons. The molecule has 0 bridgehead atoms. The van der Waals surface area contributed by atoms with Crippen LogP contribution >= 0.6 is 0 Å². The minimum Gasteiger partial charge on any atom is -0.508 e. The first kappa shape index (κ1) is 24.7. The molecule has 6 N–H and O–H groups in total. The minimum atomic E-state index is -2.56. The molecule has 0 spiro atoms. The number of carbonyl (C=O) groups excluding carboxylic acids is 3. The molecule has 3 aliphatic rings. The smallest absolute Gasteiger partial charge is 0.255 e. The molecule has 192 valence electrons. The quantitative estimate of drug-likeness (QED) is 0.396. The van der Waals surface area contributed by atoms with Gasteiger partial charge in [0.25, 0.3) is 5.91 Å². The van der Waals surface area contributed by atoms with Gasteiger partial charge in [-0.15, -0.1) is 0 Å². The van der Waals surface area contributed by atoms with E-state index in [-0.39, 0.29) is 36.1 Å². The largest absolute Gasteiger partial charge is 0.508 e. The van der Waals surface area contributed by atoms with Gasteiger partial charge in [0.1, 0.15) is 22.8 Å². The number of Topliss-reactive ketones (excluding diaryl/α,β-unsaturated/α-hetero) is 2. The monoisotopic (exact) mass is 504 g/mol. The molecule has 1 saturated carbocycles. The third-order valence-electron chi connectivity index (χ3n) is 7.71. The molecule has 0 aromatic heterocycles. The van der Waals surface area contributed by atoms with Gasteiger partial charge < -0.3 is 31.1 Å². The first-order valence-electron chi connectivity index (χ1n) is 12.0. The topological polar surface area (TPSA) is 161 Å². The lowest BCUT2D eigenvalue weighted by Gasteiger charge is -2.46. The Balaban J connectivity index is 1.64. The zero-order valence-corrected chi connectivity index (χ0v) is 20.5. The molecule has 5 rings (SSSR count). The summed E-state index contributed by atoms with van der Waals surface area (Å²) in [5, 5.41) is 43.9. The highest BCUT2D eigenvalue weighted by atomic mass is 16.3. The Morgan fingerprint density at radius 1 is 1.05 bits per heavy atom. The molecule has 2 aromatic carbocycles. The zero-order chi connectivity index (χ0) is 26.8. The van der Waals surface area contributed by atoms with Crippen molar-refractivity contribution in [1.82, 2.24) is 4.90 Å². The summed E-state index contributed by atoms with van der Waals surface area (Å²) in [7, 11) is 3.96. The number of aliphatic hydroxyl groups excluding tert-OH is 2. The van der Waals surface area contributed by atoms with Crippen molar-refractivity contribution in [2.24, 2.45) is 17.6 Å². The molecule has 1 amide bonds. The summed E-state index contributed by atoms with van der Waals surface area (Å²) in [6.07, 6.45) is 0.0135. The normalized spacial score (nSPS) is 25.2. The number of phenolic OH excluding ortho intramolecular Hbond substituents is 1. The fraction of sp³-hybridized carbons (Fsp3) is 0.321. The Morgan fingerprint density at radius 3 is 2.35 bits per heavy atom. The van der Waals surface area contributed by atoms with Gasteiger partial charge in [-0.05, 0) is 61.2 Å². The molecule has 9 nitrogen and oxygen atoms in total. The molecule has 0 saturated heterocycles. The number of fused-ring (bicyclic) bond motifs is 3. The molecule has 0 aliphatic heterocycles. The van der Waals surface area contributed by atoms with E-state index in [0.29, 0.717) is 5.56 Å². The number of phenols is 1. The number of rotatable bonds is 4. The van der Waals surface area contributed by atoms with E-state index < -0.39 is 52.0 Å². The number of aliphatic hydroxyl groups is 3. The second kappa shape index (κ2) is 8.57. The van der Waals surface area contributed by atoms with Gasteiger partial charge in [0.2, 0.25) is 5.78 Å². The highest BCUT2D eigenvalue weighted by molar-refractivity contribution is 6.22. The fourth-order valence-corrected chi connectivity index (χ4v) is 6.05. The van der Waals surface area contributed by atoms with E-state index >= 15 is 0 Å². The first-order chi connectivity index (χ1) is 17.4. The van der Waals surface area contributed by atoms with Gasteiger partial charge in [-0.3, -0.25) is 14.4 Å². The molecule has 2 aromatic rings. The number of hydrogen-bond acceptors (Lipinski definition) is 8. The number of carbonyl (C=O) groups is 3. The summed E-state index contributed by atoms with van der Waals surface area (Å²) in [6.45, 7) is 0.771. The first-order valence-corrected chi connectivity index (χ1v) is 12.0. The molecule has 9 heteroatoms. The maximum Gasteiger partial charge on any atom is 0.255 e. The Kier molecular flexibility index (Phi) is 5.73. The fourth-order valence-electron chi connectivity index (χ4n) is 6.05. The summed E-state index contributed by atoms with van der Waals surface area (Å²) >= 11 is 0. The maximum atomic E-state index is 13.6. The van der Waals surface area contributed by atoms with Crippen molar-refractivity contribution in [3.63, 3.8) is 0 Å². The van der Waals surface area contributed by atoms with Crippen LogP contribution in [0.15, 0.2) is 53.3 Å². The average Bonchev–Trinajstić information content (AvgIpc) is 2.81. The predicted octanol–water partition coefficient (Wildman–Crippen LogP) is 2.15. The SMILES string of the molecule is CN(C)Cc1ccc(-c2ccc(O)c3c2C[C@H]2C[C@H]4CC(=O)C(C(N)=O)=C(O)C4(O)C(=O)C2=C3O)cc1. The number of hydrogen-bond donors (Lipinski definition) is 5. The average molecular weight is 505 g/mol. The van der Waals surface area contributed by atoms with Crippen molar-refractivity contribution in [3.8, 4) is 16.9 Å². The lowest BCUT2D eigenvalue weighted by atomic mass is 9.59. The standard InChI is InChI=1S/C28H28N2O7/c1-30(2)12-13-3-5-14(6-4-13)17-7-8-19(31)22-18(17)10-15-9-16-11-20(32)23(27(29)36)26(35)28(16,37)25(34)21(15)24(22)33/h3-8,15-16,31,33,35,37H,9-12H2,1-2H3,(H2,29,36)/t15-,16+,28?/m1/s1. The van der Waals surface area contributed by atoms with E-state index in [4.69, 9.17) is 5.73 Å². The van der Waals surface area contributed by atoms with Crippen LogP contribution in [0.25, 0.3) is 16.9 Å². The van der Waals surface area contributed by atoms with Crippen LogP contribution in [0.5, 0.6) is 5.75 Å². The van der Waals surface area contributed by atoms with Crippen LogP contribution in [-0.4, -0.2) is 62.5 Å². The van der Waals surface area contributed by atoms with E-state index in [1.807, 2.05) is 38.4 Å². The van der Waals surface area contributed by atoms with E-state index in [9.17, 15) is 34.8 Å². The number of nitrogens with two attached hydrogens (primary N) is 1. The van der Waals surface area contributed by atoms with Gasteiger partial charge in [-0.25, -0.2) is 0 Å². The Morgan fingerprint density at radius 2 is 1.73 bits per heavy atom. The second-order valence-corrected chi connectivity index (χ2v) is 10.3. The summed E-state index contributed by atoms with van der Waals surface area (Å²) in [5.41, 5.74) is 5.21. The third-order valence-corrected chi connectivity index (χ3v) is 7.71. The van der Waals surface area contributed by atoms with Gasteiger partial charge >= 0.3 is 0 Å².